The molecule has 0 aliphatic rings. The minimum Gasteiger partial charge on any atom is -0.297 e. The third kappa shape index (κ3) is 4.46. The normalized spacial score (nSPS) is 10.7. The molecule has 0 aromatic heterocycles. The number of hydrogen-bond donors (Lipinski definition) is 0. The van der Waals surface area contributed by atoms with Crippen molar-refractivity contribution in [2.24, 2.45) is 0 Å². The molecule has 86 valence electrons. The van der Waals surface area contributed by atoms with Crippen LogP contribution in [-0.2, 0) is 6.54 Å². The van der Waals surface area contributed by atoms with Gasteiger partial charge in [0.15, 0.2) is 0 Å². The molecule has 0 aliphatic carbocycles. The number of nitrogens with zero attached hydrogens (tertiary/aromatic N) is 2. The van der Waals surface area contributed by atoms with E-state index in [9.17, 15) is 0 Å². The van der Waals surface area contributed by atoms with Crippen LogP contribution in [0, 0.1) is 11.3 Å². The molecule has 0 radical (unpaired) electrons. The maximum absolute atomic E-state index is 8.54. The maximum atomic E-state index is 8.54. The van der Waals surface area contributed by atoms with Crippen LogP contribution >= 0.6 is 0 Å². The lowest BCUT2D eigenvalue weighted by Crippen LogP contribution is -2.31. The van der Waals surface area contributed by atoms with Gasteiger partial charge >= 0.3 is 0 Å². The number of benzene rings is 1. The molecule has 0 bridgehead atoms. The van der Waals surface area contributed by atoms with Crippen molar-refractivity contribution in [2.75, 3.05) is 6.54 Å². The van der Waals surface area contributed by atoms with Crippen LogP contribution in [0.15, 0.2) is 30.3 Å². The summed E-state index contributed by atoms with van der Waals surface area (Å²) in [7, 11) is 0. The molecule has 0 fully saturated rings. The van der Waals surface area contributed by atoms with Crippen molar-refractivity contribution >= 4 is 0 Å². The molecule has 1 aromatic rings. The van der Waals surface area contributed by atoms with Crippen LogP contribution in [0.2, 0.25) is 0 Å². The Morgan fingerprint density at radius 2 is 1.94 bits per heavy atom. The first-order valence-electron chi connectivity index (χ1n) is 5.89. The highest BCUT2D eigenvalue weighted by atomic mass is 15.1. The highest BCUT2D eigenvalue weighted by Crippen LogP contribution is 2.09. The van der Waals surface area contributed by atoms with Crippen LogP contribution in [-0.4, -0.2) is 17.5 Å². The van der Waals surface area contributed by atoms with E-state index >= 15 is 0 Å². The van der Waals surface area contributed by atoms with Crippen molar-refractivity contribution in [1.29, 1.82) is 5.26 Å². The molecule has 0 aliphatic heterocycles. The summed E-state index contributed by atoms with van der Waals surface area (Å²) in [6.07, 6.45) is 1.61. The molecule has 0 spiro atoms. The van der Waals surface area contributed by atoms with Gasteiger partial charge in [0.2, 0.25) is 0 Å². The lowest BCUT2D eigenvalue weighted by Gasteiger charge is -2.26. The van der Waals surface area contributed by atoms with Crippen LogP contribution in [0.3, 0.4) is 0 Å². The second kappa shape index (κ2) is 7.03. The van der Waals surface area contributed by atoms with Gasteiger partial charge in [-0.05, 0) is 32.4 Å². The van der Waals surface area contributed by atoms with E-state index in [1.807, 2.05) is 6.07 Å². The Kier molecular flexibility index (Phi) is 5.60. The lowest BCUT2D eigenvalue weighted by molar-refractivity contribution is 0.211. The third-order valence-corrected chi connectivity index (χ3v) is 2.69. The maximum Gasteiger partial charge on any atom is 0.0622 e. The highest BCUT2D eigenvalue weighted by molar-refractivity contribution is 5.14. The average Bonchev–Trinajstić information content (AvgIpc) is 2.29. The summed E-state index contributed by atoms with van der Waals surface area (Å²) >= 11 is 0. The number of unbranched alkanes of at least 4 members (excludes halogenated alkanes) is 1. The van der Waals surface area contributed by atoms with E-state index in [2.05, 4.69) is 49.1 Å². The molecule has 0 saturated heterocycles. The Bertz CT molecular complexity index is 324. The second-order valence-corrected chi connectivity index (χ2v) is 4.31. The van der Waals surface area contributed by atoms with E-state index in [1.54, 1.807) is 0 Å². The van der Waals surface area contributed by atoms with Gasteiger partial charge in [-0.3, -0.25) is 4.90 Å². The number of hydrogen-bond acceptors (Lipinski definition) is 2. The van der Waals surface area contributed by atoms with Crippen LogP contribution in [0.4, 0.5) is 0 Å². The average molecular weight is 216 g/mol. The molecule has 1 aromatic carbocycles. The predicted molar refractivity (Wildman–Crippen MR) is 66.8 cm³/mol. The zero-order valence-electron chi connectivity index (χ0n) is 10.2. The Morgan fingerprint density at radius 3 is 2.50 bits per heavy atom. The molecular formula is C14H20N2. The molecular weight excluding hydrogens is 196 g/mol. The number of rotatable bonds is 6. The summed E-state index contributed by atoms with van der Waals surface area (Å²) in [6, 6.07) is 13.2. The van der Waals surface area contributed by atoms with Crippen molar-refractivity contribution in [3.8, 4) is 6.07 Å². The molecule has 2 nitrogen and oxygen atoms in total. The zero-order chi connectivity index (χ0) is 11.8. The Balaban J connectivity index is 2.49. The molecule has 1 rings (SSSR count). The van der Waals surface area contributed by atoms with Gasteiger partial charge in [0, 0.05) is 19.0 Å². The van der Waals surface area contributed by atoms with Gasteiger partial charge in [-0.1, -0.05) is 30.3 Å². The SMILES string of the molecule is CC(C)N(CCCC#N)Cc1ccccc1. The van der Waals surface area contributed by atoms with E-state index in [-0.39, 0.29) is 0 Å². The topological polar surface area (TPSA) is 27.0 Å². The zero-order valence-corrected chi connectivity index (χ0v) is 10.2. The fourth-order valence-electron chi connectivity index (χ4n) is 1.70. The Hall–Kier alpha value is -1.33. The van der Waals surface area contributed by atoms with E-state index in [1.165, 1.54) is 5.56 Å². The van der Waals surface area contributed by atoms with Gasteiger partial charge in [-0.25, -0.2) is 0 Å². The first-order chi connectivity index (χ1) is 7.74. The molecule has 0 saturated carbocycles. The third-order valence-electron chi connectivity index (χ3n) is 2.69. The van der Waals surface area contributed by atoms with Crippen LogP contribution in [0.1, 0.15) is 32.3 Å². The molecule has 2 heteroatoms. The molecule has 0 amide bonds. The van der Waals surface area contributed by atoms with Crippen LogP contribution in [0.5, 0.6) is 0 Å². The standard InChI is InChI=1S/C14H20N2/c1-13(2)16(11-7-6-10-15)12-14-8-4-3-5-9-14/h3-5,8-9,13H,6-7,11-12H2,1-2H3. The van der Waals surface area contributed by atoms with E-state index in [0.717, 1.165) is 19.5 Å². The van der Waals surface area contributed by atoms with Gasteiger partial charge in [-0.2, -0.15) is 5.26 Å². The summed E-state index contributed by atoms with van der Waals surface area (Å²) in [6.45, 7) is 6.38. The first-order valence-corrected chi connectivity index (χ1v) is 5.89. The minimum atomic E-state index is 0.527. The monoisotopic (exact) mass is 216 g/mol. The van der Waals surface area contributed by atoms with Crippen LogP contribution < -0.4 is 0 Å². The molecule has 16 heavy (non-hydrogen) atoms. The molecule has 0 N–H and O–H groups in total. The first kappa shape index (κ1) is 12.7. The largest absolute Gasteiger partial charge is 0.297 e. The van der Waals surface area contributed by atoms with Crippen molar-refractivity contribution < 1.29 is 0 Å². The van der Waals surface area contributed by atoms with Gasteiger partial charge in [0.1, 0.15) is 0 Å². The number of nitriles is 1. The minimum absolute atomic E-state index is 0.527. The van der Waals surface area contributed by atoms with Crippen molar-refractivity contribution in [3.05, 3.63) is 35.9 Å². The molecule has 0 atom stereocenters. The Morgan fingerprint density at radius 1 is 1.25 bits per heavy atom. The molecule has 0 heterocycles. The highest BCUT2D eigenvalue weighted by Gasteiger charge is 2.09. The summed E-state index contributed by atoms with van der Waals surface area (Å²) < 4.78 is 0. The van der Waals surface area contributed by atoms with Crippen LogP contribution in [0.25, 0.3) is 0 Å². The fraction of sp³-hybridized carbons (Fsp3) is 0.500. The summed E-state index contributed by atoms with van der Waals surface area (Å²) in [4.78, 5) is 2.41. The smallest absolute Gasteiger partial charge is 0.0622 e. The molecule has 0 unspecified atom stereocenters. The lowest BCUT2D eigenvalue weighted by atomic mass is 10.1. The fourth-order valence-corrected chi connectivity index (χ4v) is 1.70. The van der Waals surface area contributed by atoms with E-state index in [4.69, 9.17) is 5.26 Å². The van der Waals surface area contributed by atoms with Crippen molar-refractivity contribution in [2.45, 2.75) is 39.3 Å². The predicted octanol–water partition coefficient (Wildman–Crippen LogP) is 3.20. The van der Waals surface area contributed by atoms with Crippen molar-refractivity contribution in [1.82, 2.24) is 4.90 Å². The summed E-state index contributed by atoms with van der Waals surface area (Å²) in [5.74, 6) is 0. The van der Waals surface area contributed by atoms with Gasteiger partial charge in [0.25, 0.3) is 0 Å². The van der Waals surface area contributed by atoms with Gasteiger partial charge in [-0.15, -0.1) is 0 Å². The van der Waals surface area contributed by atoms with Gasteiger partial charge in [0.05, 0.1) is 6.07 Å². The summed E-state index contributed by atoms with van der Waals surface area (Å²) in [5, 5.41) is 8.54. The van der Waals surface area contributed by atoms with E-state index in [0.29, 0.717) is 12.5 Å². The van der Waals surface area contributed by atoms with Gasteiger partial charge < -0.3 is 0 Å². The van der Waals surface area contributed by atoms with Crippen molar-refractivity contribution in [3.63, 3.8) is 0 Å². The quantitative estimate of drug-likeness (QED) is 0.683. The summed E-state index contributed by atoms with van der Waals surface area (Å²) in [5.41, 5.74) is 1.34. The van der Waals surface area contributed by atoms with E-state index < -0.39 is 0 Å². The Labute approximate surface area is 98.5 Å². The second-order valence-electron chi connectivity index (χ2n) is 4.31.